The summed E-state index contributed by atoms with van der Waals surface area (Å²) in [7, 11) is 0. The number of para-hydroxylation sites is 5. The van der Waals surface area contributed by atoms with E-state index in [4.69, 9.17) is 15.7 Å². The summed E-state index contributed by atoms with van der Waals surface area (Å²) >= 11 is 0. The summed E-state index contributed by atoms with van der Waals surface area (Å²) < 4.78 is 4.89. The molecule has 15 rings (SSSR count). The lowest BCUT2D eigenvalue weighted by Crippen LogP contribution is -2.33. The smallest absolute Gasteiger partial charge is 0.157 e. The number of fused-ring (bicyclic) bond motifs is 15. The van der Waals surface area contributed by atoms with E-state index >= 15 is 0 Å². The minimum absolute atomic E-state index is 0.409. The highest BCUT2D eigenvalue weighted by Gasteiger charge is 2.51. The number of benzene rings is 11. The molecule has 1 unspecified atom stereocenters. The van der Waals surface area contributed by atoms with Crippen LogP contribution in [0.3, 0.4) is 0 Å². The summed E-state index contributed by atoms with van der Waals surface area (Å²) in [5.41, 5.74) is 28.5. The summed E-state index contributed by atoms with van der Waals surface area (Å²) in [6, 6.07) is 94.1. The van der Waals surface area contributed by atoms with Gasteiger partial charge in [-0.1, -0.05) is 218 Å². The number of aromatic nitrogens is 2. The molecule has 0 fully saturated rings. The first-order chi connectivity index (χ1) is 37.1. The first-order valence-corrected chi connectivity index (χ1v) is 25.7. The lowest BCUT2D eigenvalue weighted by Gasteiger charge is -2.39. The molecule has 1 aliphatic carbocycles. The molecule has 0 saturated carbocycles. The lowest BCUT2D eigenvalue weighted by molar-refractivity contribution is 0.748. The lowest BCUT2D eigenvalue weighted by atomic mass is 9.65. The van der Waals surface area contributed by atoms with Crippen LogP contribution in [0.15, 0.2) is 271 Å². The Labute approximate surface area is 434 Å². The Morgan fingerprint density at radius 3 is 1.84 bits per heavy atom. The first-order valence-electron chi connectivity index (χ1n) is 25.7. The molecule has 0 saturated heterocycles. The zero-order valence-corrected chi connectivity index (χ0v) is 40.9. The molecule has 3 heterocycles. The van der Waals surface area contributed by atoms with Crippen molar-refractivity contribution in [3.63, 3.8) is 0 Å². The van der Waals surface area contributed by atoms with Crippen molar-refractivity contribution < 1.29 is 0 Å². The number of hydrogen-bond acceptors (Lipinski definition) is 1. The van der Waals surface area contributed by atoms with E-state index in [9.17, 15) is 0 Å². The second kappa shape index (κ2) is 16.9. The van der Waals surface area contributed by atoms with E-state index in [2.05, 4.69) is 246 Å². The molecule has 0 radical (unpaired) electrons. The number of nitrogens with zero attached hydrogens (tertiary/aromatic N) is 4. The Morgan fingerprint density at radius 2 is 1.03 bits per heavy atom. The van der Waals surface area contributed by atoms with Gasteiger partial charge in [-0.15, -0.1) is 0 Å². The summed E-state index contributed by atoms with van der Waals surface area (Å²) in [6.45, 7) is 0.444. The van der Waals surface area contributed by atoms with Crippen LogP contribution < -0.4 is 5.73 Å². The van der Waals surface area contributed by atoms with E-state index in [1.807, 2.05) is 24.3 Å². The van der Waals surface area contributed by atoms with Gasteiger partial charge >= 0.3 is 0 Å². The van der Waals surface area contributed by atoms with Crippen LogP contribution in [0.25, 0.3) is 88.4 Å². The standard InChI is InChI=1S/C70H47N5/c71-68(73-69(48-21-6-2-7-22-48)72-44-45-37-39-47(40-38-45)46-19-4-1-5-20-46)55-29-17-31-59-65(55)56-43-49(51-27-18-36-64-66(51)54-26-11-14-34-62(54)74(64)50-23-8-3-9-24-50)41-42-57(56)70(59)58-30-12-15-35-63(58)75-61-33-13-10-25-52(61)53-28-16-32-60(70)67(53)75/h1-43H,44H2,(H2,71,72,73). The Kier molecular flexibility index (Phi) is 9.63. The molecule has 0 amide bonds. The van der Waals surface area contributed by atoms with Crippen LogP contribution >= 0.6 is 0 Å². The zero-order chi connectivity index (χ0) is 49.6. The van der Waals surface area contributed by atoms with Crippen molar-refractivity contribution in [3.8, 4) is 44.8 Å². The molecule has 2 aliphatic rings. The average molecular weight is 958 g/mol. The van der Waals surface area contributed by atoms with E-state index in [1.54, 1.807) is 0 Å². The van der Waals surface area contributed by atoms with Gasteiger partial charge in [0.05, 0.1) is 39.7 Å². The molecule has 1 atom stereocenters. The van der Waals surface area contributed by atoms with Gasteiger partial charge in [0, 0.05) is 38.4 Å². The molecule has 2 N–H and O–H groups in total. The molecule has 0 bridgehead atoms. The maximum Gasteiger partial charge on any atom is 0.157 e. The SMILES string of the molecule is NC(=NC(=NCc1ccc(-c2ccccc2)cc1)c1ccccc1)c1cccc2c1-c1cc(-c3cccc4c3c3ccccc3n4-c3ccccc3)ccc1C21c2ccccc2-n2c3ccccc3c3cccc1c32. The minimum Gasteiger partial charge on any atom is -0.383 e. The number of amidine groups is 2. The van der Waals surface area contributed by atoms with E-state index in [0.717, 1.165) is 44.6 Å². The second-order valence-corrected chi connectivity index (χ2v) is 19.8. The summed E-state index contributed by atoms with van der Waals surface area (Å²) in [4.78, 5) is 10.6. The van der Waals surface area contributed by atoms with Crippen molar-refractivity contribution in [1.29, 1.82) is 0 Å². The molecular formula is C70H47N5. The molecule has 5 nitrogen and oxygen atoms in total. The number of nitrogens with two attached hydrogens (primary N) is 1. The molecule has 1 aliphatic heterocycles. The van der Waals surface area contributed by atoms with Crippen molar-refractivity contribution in [2.45, 2.75) is 12.0 Å². The molecular weight excluding hydrogens is 911 g/mol. The molecule has 352 valence electrons. The summed E-state index contributed by atoms with van der Waals surface area (Å²) in [5.74, 6) is 0.991. The van der Waals surface area contributed by atoms with Crippen molar-refractivity contribution >= 4 is 55.3 Å². The molecule has 13 aromatic rings. The zero-order valence-electron chi connectivity index (χ0n) is 40.9. The van der Waals surface area contributed by atoms with Crippen LogP contribution in [0.5, 0.6) is 0 Å². The van der Waals surface area contributed by atoms with Gasteiger partial charge in [-0.05, 0) is 104 Å². The highest BCUT2D eigenvalue weighted by Crippen LogP contribution is 2.62. The van der Waals surface area contributed by atoms with E-state index in [1.165, 1.54) is 82.7 Å². The van der Waals surface area contributed by atoms with Crippen LogP contribution in [0, 0.1) is 0 Å². The average Bonchev–Trinajstić information content (AvgIpc) is 4.34. The number of hydrogen-bond donors (Lipinski definition) is 1. The highest BCUT2D eigenvalue weighted by atomic mass is 15.0. The third-order valence-electron chi connectivity index (χ3n) is 15.8. The van der Waals surface area contributed by atoms with E-state index in [-0.39, 0.29) is 0 Å². The molecule has 1 spiro atoms. The van der Waals surface area contributed by atoms with Crippen molar-refractivity contribution in [3.05, 3.63) is 300 Å². The van der Waals surface area contributed by atoms with Gasteiger partial charge in [-0.3, -0.25) is 4.99 Å². The van der Waals surface area contributed by atoms with Gasteiger partial charge in [-0.25, -0.2) is 4.99 Å². The molecule has 11 aromatic carbocycles. The molecule has 5 heteroatoms. The molecule has 75 heavy (non-hydrogen) atoms. The third kappa shape index (κ3) is 6.38. The van der Waals surface area contributed by atoms with Gasteiger partial charge in [0.15, 0.2) is 5.84 Å². The maximum absolute atomic E-state index is 7.54. The first kappa shape index (κ1) is 42.8. The predicted octanol–water partition coefficient (Wildman–Crippen LogP) is 16.2. The van der Waals surface area contributed by atoms with Crippen LogP contribution in [-0.2, 0) is 12.0 Å². The second-order valence-electron chi connectivity index (χ2n) is 19.8. The Morgan fingerprint density at radius 1 is 0.427 bits per heavy atom. The van der Waals surface area contributed by atoms with Crippen molar-refractivity contribution in [2.24, 2.45) is 15.7 Å². The summed E-state index contributed by atoms with van der Waals surface area (Å²) in [6.07, 6.45) is 0. The van der Waals surface area contributed by atoms with Crippen LogP contribution in [0.4, 0.5) is 0 Å². The highest BCUT2D eigenvalue weighted by molar-refractivity contribution is 6.18. The Hall–Kier alpha value is -9.84. The third-order valence-corrected chi connectivity index (χ3v) is 15.8. The normalized spacial score (nSPS) is 14.7. The summed E-state index contributed by atoms with van der Waals surface area (Å²) in [5, 5.41) is 4.90. The largest absolute Gasteiger partial charge is 0.383 e. The van der Waals surface area contributed by atoms with Crippen LogP contribution in [-0.4, -0.2) is 20.8 Å². The van der Waals surface area contributed by atoms with E-state index in [0.29, 0.717) is 18.2 Å². The van der Waals surface area contributed by atoms with Gasteiger partial charge in [-0.2, -0.15) is 0 Å². The minimum atomic E-state index is -0.697. The van der Waals surface area contributed by atoms with Crippen molar-refractivity contribution in [2.75, 3.05) is 0 Å². The predicted molar refractivity (Wildman–Crippen MR) is 311 cm³/mol. The van der Waals surface area contributed by atoms with Crippen LogP contribution in [0.2, 0.25) is 0 Å². The molecule has 2 aromatic heterocycles. The van der Waals surface area contributed by atoms with Crippen molar-refractivity contribution in [1.82, 2.24) is 9.13 Å². The van der Waals surface area contributed by atoms with Gasteiger partial charge < -0.3 is 14.9 Å². The van der Waals surface area contributed by atoms with Gasteiger partial charge in [0.25, 0.3) is 0 Å². The monoisotopic (exact) mass is 957 g/mol. The number of aliphatic imine (C=N–C) groups is 2. The maximum atomic E-state index is 7.54. The van der Waals surface area contributed by atoms with Crippen LogP contribution in [0.1, 0.15) is 38.9 Å². The fourth-order valence-corrected chi connectivity index (χ4v) is 12.7. The number of rotatable bonds is 7. The fourth-order valence-electron chi connectivity index (χ4n) is 12.7. The van der Waals surface area contributed by atoms with Gasteiger partial charge in [0.2, 0.25) is 0 Å². The quantitative estimate of drug-likeness (QED) is 0.126. The van der Waals surface area contributed by atoms with Gasteiger partial charge in [0.1, 0.15) is 5.84 Å². The van der Waals surface area contributed by atoms with E-state index < -0.39 is 5.41 Å². The fraction of sp³-hybridized carbons (Fsp3) is 0.0286. The Balaban J connectivity index is 0.974. The Bertz CT molecular complexity index is 4490. The topological polar surface area (TPSA) is 60.6 Å².